The monoisotopic (exact) mass is 318 g/mol. The molecular formula is C16H19ClN4O. The van der Waals surface area contributed by atoms with Crippen molar-refractivity contribution in [2.24, 2.45) is 0 Å². The molecule has 1 amide bonds. The van der Waals surface area contributed by atoms with Crippen LogP contribution in [0.2, 0.25) is 5.02 Å². The maximum Gasteiger partial charge on any atom is 0.252 e. The molecule has 0 aliphatic carbocycles. The van der Waals surface area contributed by atoms with Crippen LogP contribution in [0.1, 0.15) is 28.5 Å². The number of hydrogen-bond acceptors (Lipinski definition) is 4. The van der Waals surface area contributed by atoms with Gasteiger partial charge in [-0.3, -0.25) is 4.79 Å². The maximum absolute atomic E-state index is 12.0. The molecule has 2 rings (SSSR count). The number of carbonyl (C=O) groups excluding carboxylic acids is 1. The fourth-order valence-corrected chi connectivity index (χ4v) is 2.23. The first kappa shape index (κ1) is 16.2. The Labute approximate surface area is 135 Å². The number of nitrogens with zero attached hydrogens (tertiary/aromatic N) is 2. The minimum absolute atomic E-state index is 0.188. The third-order valence-electron chi connectivity index (χ3n) is 3.22. The molecule has 2 aromatic rings. The van der Waals surface area contributed by atoms with E-state index in [0.29, 0.717) is 29.6 Å². The molecule has 5 nitrogen and oxygen atoms in total. The Balaban J connectivity index is 1.82. The molecule has 0 fully saturated rings. The first-order valence-electron chi connectivity index (χ1n) is 7.21. The Morgan fingerprint density at radius 2 is 2.05 bits per heavy atom. The van der Waals surface area contributed by atoms with Gasteiger partial charge < -0.3 is 10.6 Å². The fraction of sp³-hybridized carbons (Fsp3) is 0.312. The van der Waals surface area contributed by atoms with Crippen molar-refractivity contribution in [2.45, 2.75) is 20.3 Å². The molecule has 2 N–H and O–H groups in total. The van der Waals surface area contributed by atoms with Crippen LogP contribution in [0.25, 0.3) is 0 Å². The predicted molar refractivity (Wildman–Crippen MR) is 88.4 cm³/mol. The van der Waals surface area contributed by atoms with Crippen molar-refractivity contribution in [3.8, 4) is 0 Å². The number of nitrogens with one attached hydrogen (secondary N) is 2. The van der Waals surface area contributed by atoms with Crippen LogP contribution in [-0.2, 0) is 6.42 Å². The number of benzene rings is 1. The zero-order chi connectivity index (χ0) is 15.9. The van der Waals surface area contributed by atoms with Crippen molar-refractivity contribution in [2.75, 3.05) is 18.4 Å². The minimum Gasteiger partial charge on any atom is -0.352 e. The lowest BCUT2D eigenvalue weighted by molar-refractivity contribution is 0.0955. The quantitative estimate of drug-likeness (QED) is 0.804. The van der Waals surface area contributed by atoms with Gasteiger partial charge in [0.05, 0.1) is 10.6 Å². The number of rotatable bonds is 6. The maximum atomic E-state index is 12.0. The number of hydrogen-bond donors (Lipinski definition) is 2. The summed E-state index contributed by atoms with van der Waals surface area (Å²) < 4.78 is 0. The molecule has 1 heterocycles. The second kappa shape index (κ2) is 7.75. The van der Waals surface area contributed by atoms with Gasteiger partial charge in [-0.05, 0) is 31.0 Å². The third kappa shape index (κ3) is 4.18. The van der Waals surface area contributed by atoms with Gasteiger partial charge in [0.15, 0.2) is 0 Å². The smallest absolute Gasteiger partial charge is 0.252 e. The Morgan fingerprint density at radius 3 is 2.77 bits per heavy atom. The molecule has 0 saturated heterocycles. The van der Waals surface area contributed by atoms with Gasteiger partial charge in [0.25, 0.3) is 5.91 Å². The van der Waals surface area contributed by atoms with Crippen LogP contribution in [0, 0.1) is 6.92 Å². The summed E-state index contributed by atoms with van der Waals surface area (Å²) >= 11 is 5.98. The van der Waals surface area contributed by atoms with E-state index in [-0.39, 0.29) is 5.91 Å². The van der Waals surface area contributed by atoms with Crippen LogP contribution in [0.3, 0.4) is 0 Å². The van der Waals surface area contributed by atoms with Crippen molar-refractivity contribution >= 4 is 23.5 Å². The van der Waals surface area contributed by atoms with E-state index in [4.69, 9.17) is 11.6 Å². The second-order valence-electron chi connectivity index (χ2n) is 4.84. The summed E-state index contributed by atoms with van der Waals surface area (Å²) in [7, 11) is 0. The van der Waals surface area contributed by atoms with Gasteiger partial charge in [-0.15, -0.1) is 0 Å². The van der Waals surface area contributed by atoms with Crippen LogP contribution >= 0.6 is 11.6 Å². The molecule has 0 atom stereocenters. The van der Waals surface area contributed by atoms with E-state index in [0.717, 1.165) is 17.7 Å². The normalized spacial score (nSPS) is 10.3. The van der Waals surface area contributed by atoms with Gasteiger partial charge in [0.1, 0.15) is 0 Å². The summed E-state index contributed by atoms with van der Waals surface area (Å²) in [6, 6.07) is 6.97. The molecule has 0 radical (unpaired) electrons. The SMILES string of the molecule is CCc1nc(NCCNC(=O)c2ccccc2Cl)ncc1C. The molecular weight excluding hydrogens is 300 g/mol. The highest BCUT2D eigenvalue weighted by Crippen LogP contribution is 2.14. The summed E-state index contributed by atoms with van der Waals surface area (Å²) in [6.07, 6.45) is 2.67. The van der Waals surface area contributed by atoms with E-state index in [1.807, 2.05) is 6.92 Å². The highest BCUT2D eigenvalue weighted by Gasteiger charge is 2.08. The van der Waals surface area contributed by atoms with Crippen molar-refractivity contribution in [1.82, 2.24) is 15.3 Å². The zero-order valence-corrected chi connectivity index (χ0v) is 13.4. The largest absolute Gasteiger partial charge is 0.352 e. The number of halogens is 1. The van der Waals surface area contributed by atoms with E-state index in [1.165, 1.54) is 0 Å². The van der Waals surface area contributed by atoms with Crippen LogP contribution in [0.15, 0.2) is 30.5 Å². The van der Waals surface area contributed by atoms with Crippen molar-refractivity contribution in [3.63, 3.8) is 0 Å². The summed E-state index contributed by atoms with van der Waals surface area (Å²) in [4.78, 5) is 20.6. The Kier molecular flexibility index (Phi) is 5.72. The summed E-state index contributed by atoms with van der Waals surface area (Å²) in [5.74, 6) is 0.390. The third-order valence-corrected chi connectivity index (χ3v) is 3.55. The fourth-order valence-electron chi connectivity index (χ4n) is 2.01. The molecule has 0 aliphatic heterocycles. The first-order valence-corrected chi connectivity index (χ1v) is 7.58. The average Bonchev–Trinajstić information content (AvgIpc) is 2.53. The molecule has 0 saturated carbocycles. The van der Waals surface area contributed by atoms with Crippen LogP contribution in [-0.4, -0.2) is 29.0 Å². The van der Waals surface area contributed by atoms with Gasteiger partial charge in [-0.25, -0.2) is 9.97 Å². The van der Waals surface area contributed by atoms with Gasteiger partial charge in [0.2, 0.25) is 5.95 Å². The van der Waals surface area contributed by atoms with Gasteiger partial charge in [-0.1, -0.05) is 30.7 Å². The molecule has 22 heavy (non-hydrogen) atoms. The van der Waals surface area contributed by atoms with Crippen molar-refractivity contribution in [3.05, 3.63) is 52.3 Å². The number of aryl methyl sites for hydroxylation is 2. The van der Waals surface area contributed by atoms with Crippen LogP contribution < -0.4 is 10.6 Å². The highest BCUT2D eigenvalue weighted by atomic mass is 35.5. The minimum atomic E-state index is -0.188. The second-order valence-corrected chi connectivity index (χ2v) is 5.25. The molecule has 116 valence electrons. The number of anilines is 1. The number of amides is 1. The van der Waals surface area contributed by atoms with E-state index < -0.39 is 0 Å². The van der Waals surface area contributed by atoms with Crippen molar-refractivity contribution in [1.29, 1.82) is 0 Å². The number of aromatic nitrogens is 2. The standard InChI is InChI=1S/C16H19ClN4O/c1-3-14-11(2)10-20-16(21-14)19-9-8-18-15(22)12-6-4-5-7-13(12)17/h4-7,10H,3,8-9H2,1-2H3,(H,18,22)(H,19,20,21). The molecule has 6 heteroatoms. The summed E-state index contributed by atoms with van der Waals surface area (Å²) in [5.41, 5.74) is 2.58. The summed E-state index contributed by atoms with van der Waals surface area (Å²) in [5, 5.41) is 6.35. The zero-order valence-electron chi connectivity index (χ0n) is 12.7. The molecule has 0 aliphatic rings. The molecule has 0 bridgehead atoms. The lowest BCUT2D eigenvalue weighted by atomic mass is 10.2. The molecule has 1 aromatic carbocycles. The predicted octanol–water partition coefficient (Wildman–Crippen LogP) is 2.84. The topological polar surface area (TPSA) is 66.9 Å². The van der Waals surface area contributed by atoms with E-state index in [2.05, 4.69) is 27.5 Å². The molecule has 0 unspecified atom stereocenters. The lowest BCUT2D eigenvalue weighted by Gasteiger charge is -2.09. The Hall–Kier alpha value is -2.14. The first-order chi connectivity index (χ1) is 10.6. The molecule has 1 aromatic heterocycles. The van der Waals surface area contributed by atoms with Crippen molar-refractivity contribution < 1.29 is 4.79 Å². The van der Waals surface area contributed by atoms with Crippen LogP contribution in [0.5, 0.6) is 0 Å². The van der Waals surface area contributed by atoms with E-state index in [9.17, 15) is 4.79 Å². The van der Waals surface area contributed by atoms with E-state index in [1.54, 1.807) is 30.5 Å². The van der Waals surface area contributed by atoms with Gasteiger partial charge >= 0.3 is 0 Å². The highest BCUT2D eigenvalue weighted by molar-refractivity contribution is 6.33. The Bertz CT molecular complexity index is 660. The van der Waals surface area contributed by atoms with Gasteiger partial charge in [-0.2, -0.15) is 0 Å². The van der Waals surface area contributed by atoms with Crippen LogP contribution in [0.4, 0.5) is 5.95 Å². The average molecular weight is 319 g/mol. The van der Waals surface area contributed by atoms with Gasteiger partial charge in [0, 0.05) is 25.0 Å². The Morgan fingerprint density at radius 1 is 1.27 bits per heavy atom. The number of carbonyl (C=O) groups is 1. The lowest BCUT2D eigenvalue weighted by Crippen LogP contribution is -2.29. The summed E-state index contributed by atoms with van der Waals surface area (Å²) in [6.45, 7) is 5.06. The molecule has 0 spiro atoms. The van der Waals surface area contributed by atoms with E-state index >= 15 is 0 Å².